The summed E-state index contributed by atoms with van der Waals surface area (Å²) in [6.45, 7) is 2.34. The Kier molecular flexibility index (Phi) is 5.11. The molecule has 24 heavy (non-hydrogen) atoms. The molecule has 1 saturated carbocycles. The van der Waals surface area contributed by atoms with Gasteiger partial charge in [0.25, 0.3) is 0 Å². The molecule has 3 rings (SSSR count). The highest BCUT2D eigenvalue weighted by molar-refractivity contribution is 5.70. The van der Waals surface area contributed by atoms with E-state index in [9.17, 15) is 4.39 Å². The lowest BCUT2D eigenvalue weighted by molar-refractivity contribution is 0.348. The van der Waals surface area contributed by atoms with Gasteiger partial charge in [0.1, 0.15) is 11.9 Å². The van der Waals surface area contributed by atoms with Crippen LogP contribution in [0.1, 0.15) is 60.8 Å². The van der Waals surface area contributed by atoms with E-state index in [2.05, 4.69) is 31.2 Å². The van der Waals surface area contributed by atoms with Crippen molar-refractivity contribution in [3.63, 3.8) is 0 Å². The first kappa shape index (κ1) is 16.5. The Balaban J connectivity index is 1.68. The summed E-state index contributed by atoms with van der Waals surface area (Å²) in [5.74, 6) is 1.10. The van der Waals surface area contributed by atoms with Gasteiger partial charge >= 0.3 is 0 Å². The third kappa shape index (κ3) is 3.92. The molecule has 2 aromatic rings. The van der Waals surface area contributed by atoms with Crippen LogP contribution in [-0.4, -0.2) is 0 Å². The first-order valence-corrected chi connectivity index (χ1v) is 8.63. The summed E-state index contributed by atoms with van der Waals surface area (Å²) >= 11 is 0. The number of benzene rings is 2. The molecule has 122 valence electrons. The van der Waals surface area contributed by atoms with Crippen LogP contribution in [0.2, 0.25) is 0 Å². The molecule has 0 spiro atoms. The third-order valence-electron chi connectivity index (χ3n) is 5.01. The Labute approximate surface area is 143 Å². The van der Waals surface area contributed by atoms with Gasteiger partial charge in [0.2, 0.25) is 0 Å². The van der Waals surface area contributed by atoms with Crippen molar-refractivity contribution >= 4 is 12.2 Å². The van der Waals surface area contributed by atoms with Crippen LogP contribution in [0.5, 0.6) is 0 Å². The second kappa shape index (κ2) is 7.45. The summed E-state index contributed by atoms with van der Waals surface area (Å²) in [6, 6.07) is 15.2. The van der Waals surface area contributed by atoms with E-state index in [-0.39, 0.29) is 5.56 Å². The largest absolute Gasteiger partial charge is 0.206 e. The Morgan fingerprint density at radius 3 is 2.21 bits per heavy atom. The Hall–Kier alpha value is -2.40. The van der Waals surface area contributed by atoms with E-state index in [1.165, 1.54) is 43.4 Å². The fourth-order valence-corrected chi connectivity index (χ4v) is 3.39. The van der Waals surface area contributed by atoms with Crippen LogP contribution in [0.15, 0.2) is 42.5 Å². The number of halogens is 1. The SMILES string of the molecule is CC1CCC(c2ccc(C=Cc3ccc(C#N)c(F)c3)cc2)CC1. The smallest absolute Gasteiger partial charge is 0.141 e. The van der Waals surface area contributed by atoms with E-state index in [4.69, 9.17) is 5.26 Å². The lowest BCUT2D eigenvalue weighted by atomic mass is 9.79. The van der Waals surface area contributed by atoms with Crippen molar-refractivity contribution in [3.05, 3.63) is 70.5 Å². The van der Waals surface area contributed by atoms with E-state index in [1.54, 1.807) is 6.07 Å². The summed E-state index contributed by atoms with van der Waals surface area (Å²) in [4.78, 5) is 0. The summed E-state index contributed by atoms with van der Waals surface area (Å²) in [6.07, 6.45) is 9.10. The molecule has 0 amide bonds. The highest BCUT2D eigenvalue weighted by Gasteiger charge is 2.19. The van der Waals surface area contributed by atoms with E-state index >= 15 is 0 Å². The molecular formula is C22H22FN. The maximum absolute atomic E-state index is 13.6. The van der Waals surface area contributed by atoms with Crippen molar-refractivity contribution in [2.24, 2.45) is 5.92 Å². The van der Waals surface area contributed by atoms with Gasteiger partial charge < -0.3 is 0 Å². The van der Waals surface area contributed by atoms with Gasteiger partial charge in [-0.05, 0) is 53.5 Å². The van der Waals surface area contributed by atoms with Crippen molar-refractivity contribution in [2.45, 2.75) is 38.5 Å². The zero-order valence-corrected chi connectivity index (χ0v) is 14.0. The minimum atomic E-state index is -0.471. The van der Waals surface area contributed by atoms with E-state index in [0.717, 1.165) is 17.0 Å². The number of nitrogens with zero attached hydrogens (tertiary/aromatic N) is 1. The standard InChI is InChI=1S/C22H22FN/c1-16-2-9-19(10-3-16)20-11-6-17(7-12-20)4-5-18-8-13-21(15-24)22(23)14-18/h4-8,11-14,16,19H,2-3,9-10H2,1H3. The van der Waals surface area contributed by atoms with Gasteiger partial charge in [-0.3, -0.25) is 0 Å². The first-order valence-electron chi connectivity index (χ1n) is 8.63. The molecule has 2 aromatic carbocycles. The van der Waals surface area contributed by atoms with Crippen LogP contribution in [0, 0.1) is 23.1 Å². The maximum atomic E-state index is 13.6. The second-order valence-corrected chi connectivity index (χ2v) is 6.81. The van der Waals surface area contributed by atoms with E-state index in [0.29, 0.717) is 5.92 Å². The molecule has 0 atom stereocenters. The van der Waals surface area contributed by atoms with Crippen molar-refractivity contribution < 1.29 is 4.39 Å². The van der Waals surface area contributed by atoms with E-state index in [1.807, 2.05) is 18.2 Å². The first-order chi connectivity index (χ1) is 11.7. The van der Waals surface area contributed by atoms with Gasteiger partial charge in [-0.15, -0.1) is 0 Å². The van der Waals surface area contributed by atoms with Crippen LogP contribution < -0.4 is 0 Å². The highest BCUT2D eigenvalue weighted by atomic mass is 19.1. The van der Waals surface area contributed by atoms with Crippen LogP contribution in [-0.2, 0) is 0 Å². The predicted octanol–water partition coefficient (Wildman–Crippen LogP) is 6.16. The number of nitriles is 1. The average Bonchev–Trinajstić information content (AvgIpc) is 2.61. The molecule has 0 bridgehead atoms. The minimum absolute atomic E-state index is 0.0818. The van der Waals surface area contributed by atoms with Crippen molar-refractivity contribution in [1.29, 1.82) is 5.26 Å². The van der Waals surface area contributed by atoms with Crippen LogP contribution >= 0.6 is 0 Å². The molecule has 1 aliphatic rings. The van der Waals surface area contributed by atoms with Gasteiger partial charge in [0, 0.05) is 0 Å². The molecule has 1 fully saturated rings. The fraction of sp³-hybridized carbons (Fsp3) is 0.318. The molecule has 0 unspecified atom stereocenters. The van der Waals surface area contributed by atoms with Crippen molar-refractivity contribution in [3.8, 4) is 6.07 Å². The molecule has 1 nitrogen and oxygen atoms in total. The lowest BCUT2D eigenvalue weighted by Gasteiger charge is -2.26. The van der Waals surface area contributed by atoms with Crippen molar-refractivity contribution in [1.82, 2.24) is 0 Å². The third-order valence-corrected chi connectivity index (χ3v) is 5.01. The summed E-state index contributed by atoms with van der Waals surface area (Å²) < 4.78 is 13.6. The normalized spacial score (nSPS) is 20.9. The van der Waals surface area contributed by atoms with E-state index < -0.39 is 5.82 Å². The highest BCUT2D eigenvalue weighted by Crippen LogP contribution is 2.35. The summed E-state index contributed by atoms with van der Waals surface area (Å²) in [7, 11) is 0. The average molecular weight is 319 g/mol. The number of hydrogen-bond donors (Lipinski definition) is 0. The van der Waals surface area contributed by atoms with Gasteiger partial charge in [0.15, 0.2) is 0 Å². The Morgan fingerprint density at radius 1 is 0.958 bits per heavy atom. The van der Waals surface area contributed by atoms with Crippen LogP contribution in [0.25, 0.3) is 12.2 Å². The summed E-state index contributed by atoms with van der Waals surface area (Å²) in [5.41, 5.74) is 3.38. The second-order valence-electron chi connectivity index (χ2n) is 6.81. The predicted molar refractivity (Wildman–Crippen MR) is 96.9 cm³/mol. The number of hydrogen-bond acceptors (Lipinski definition) is 1. The number of rotatable bonds is 3. The molecule has 0 radical (unpaired) electrons. The fourth-order valence-electron chi connectivity index (χ4n) is 3.39. The molecular weight excluding hydrogens is 297 g/mol. The minimum Gasteiger partial charge on any atom is -0.206 e. The monoisotopic (exact) mass is 319 g/mol. The molecule has 1 aliphatic carbocycles. The zero-order chi connectivity index (χ0) is 16.9. The molecule has 0 aliphatic heterocycles. The molecule has 0 heterocycles. The Bertz CT molecular complexity index is 760. The van der Waals surface area contributed by atoms with Gasteiger partial charge in [-0.1, -0.05) is 62.2 Å². The quantitative estimate of drug-likeness (QED) is 0.621. The lowest BCUT2D eigenvalue weighted by Crippen LogP contribution is -2.10. The molecule has 2 heteroatoms. The van der Waals surface area contributed by atoms with Gasteiger partial charge in [-0.25, -0.2) is 4.39 Å². The van der Waals surface area contributed by atoms with Gasteiger partial charge in [0.05, 0.1) is 5.56 Å². The van der Waals surface area contributed by atoms with Crippen molar-refractivity contribution in [2.75, 3.05) is 0 Å². The molecule has 0 aromatic heterocycles. The Morgan fingerprint density at radius 2 is 1.58 bits per heavy atom. The molecule has 0 N–H and O–H groups in total. The topological polar surface area (TPSA) is 23.8 Å². The zero-order valence-electron chi connectivity index (χ0n) is 14.0. The van der Waals surface area contributed by atoms with Crippen LogP contribution in [0.4, 0.5) is 4.39 Å². The van der Waals surface area contributed by atoms with Crippen LogP contribution in [0.3, 0.4) is 0 Å². The summed E-state index contributed by atoms with van der Waals surface area (Å²) in [5, 5.41) is 8.76. The maximum Gasteiger partial charge on any atom is 0.141 e. The van der Waals surface area contributed by atoms with Gasteiger partial charge in [-0.2, -0.15) is 5.26 Å². The molecule has 0 saturated heterocycles.